The Morgan fingerprint density at radius 1 is 1.06 bits per heavy atom. The number of hydrogen-bond acceptors (Lipinski definition) is 3. The molecule has 1 aliphatic rings. The molecule has 0 saturated heterocycles. The molecule has 2 amide bonds. The quantitative estimate of drug-likeness (QED) is 0.452. The fraction of sp³-hybridized carbons (Fsp3) is 0.417. The molecule has 166 valence electrons. The molecule has 1 atom stereocenters. The number of carbonyl (C=O) groups excluding carboxylic acids is 2. The maximum absolute atomic E-state index is 13.3. The number of thioether (sulfide) groups is 1. The maximum Gasteiger partial charge on any atom is 0.243 e. The average Bonchev–Trinajstić information content (AvgIpc) is 3.27. The van der Waals surface area contributed by atoms with Gasteiger partial charge in [0.2, 0.25) is 11.8 Å². The molecule has 0 radical (unpaired) electrons. The zero-order chi connectivity index (χ0) is 22.2. The van der Waals surface area contributed by atoms with Gasteiger partial charge in [-0.05, 0) is 43.5 Å². The number of nitrogens with zero attached hydrogens (tertiary/aromatic N) is 1. The van der Waals surface area contributed by atoms with Gasteiger partial charge < -0.3 is 10.2 Å². The van der Waals surface area contributed by atoms with Crippen LogP contribution in [-0.2, 0) is 16.1 Å². The molecule has 7 heteroatoms. The van der Waals surface area contributed by atoms with Crippen LogP contribution in [-0.4, -0.2) is 34.6 Å². The van der Waals surface area contributed by atoms with Crippen LogP contribution >= 0.6 is 35.0 Å². The highest BCUT2D eigenvalue weighted by Gasteiger charge is 2.31. The van der Waals surface area contributed by atoms with Crippen molar-refractivity contribution >= 4 is 46.8 Å². The highest BCUT2D eigenvalue weighted by atomic mass is 35.5. The Bertz CT molecular complexity index is 868. The molecule has 0 heterocycles. The van der Waals surface area contributed by atoms with Gasteiger partial charge in [0, 0.05) is 33.1 Å². The molecule has 2 aromatic carbocycles. The number of amides is 2. The third-order valence-electron chi connectivity index (χ3n) is 5.58. The van der Waals surface area contributed by atoms with Crippen molar-refractivity contribution in [3.63, 3.8) is 0 Å². The molecule has 0 aromatic heterocycles. The molecular weight excluding hydrogens is 451 g/mol. The molecule has 1 fully saturated rings. The molecule has 4 nitrogen and oxygen atoms in total. The van der Waals surface area contributed by atoms with Crippen molar-refractivity contribution in [2.24, 2.45) is 0 Å². The number of benzene rings is 2. The van der Waals surface area contributed by atoms with Gasteiger partial charge in [0.25, 0.3) is 0 Å². The fourth-order valence-electron chi connectivity index (χ4n) is 3.89. The van der Waals surface area contributed by atoms with E-state index < -0.39 is 6.04 Å². The Morgan fingerprint density at radius 2 is 1.71 bits per heavy atom. The second-order valence-corrected chi connectivity index (χ2v) is 9.60. The van der Waals surface area contributed by atoms with Crippen molar-refractivity contribution in [3.05, 3.63) is 64.1 Å². The van der Waals surface area contributed by atoms with Gasteiger partial charge in [0.05, 0.1) is 5.75 Å². The highest BCUT2D eigenvalue weighted by molar-refractivity contribution is 8.00. The first-order valence-electron chi connectivity index (χ1n) is 10.7. The number of hydrogen-bond donors (Lipinski definition) is 1. The molecule has 0 aliphatic heterocycles. The smallest absolute Gasteiger partial charge is 0.243 e. The van der Waals surface area contributed by atoms with Crippen LogP contribution in [0.4, 0.5) is 0 Å². The number of halogens is 2. The summed E-state index contributed by atoms with van der Waals surface area (Å²) in [5.74, 6) is 0.0214. The molecule has 3 rings (SSSR count). The summed E-state index contributed by atoms with van der Waals surface area (Å²) in [6.45, 7) is 2.13. The Labute approximate surface area is 198 Å². The largest absolute Gasteiger partial charge is 0.352 e. The van der Waals surface area contributed by atoms with Gasteiger partial charge in [-0.25, -0.2) is 0 Å². The van der Waals surface area contributed by atoms with Gasteiger partial charge in [-0.1, -0.05) is 67.2 Å². The van der Waals surface area contributed by atoms with Crippen LogP contribution in [0, 0.1) is 0 Å². The number of rotatable bonds is 9. The predicted octanol–water partition coefficient (Wildman–Crippen LogP) is 5.95. The van der Waals surface area contributed by atoms with E-state index in [1.807, 2.05) is 37.3 Å². The van der Waals surface area contributed by atoms with Gasteiger partial charge in [0.15, 0.2) is 0 Å². The van der Waals surface area contributed by atoms with E-state index in [9.17, 15) is 9.59 Å². The molecule has 0 unspecified atom stereocenters. The standard InChI is InChI=1S/C24H28Cl2N2O2S/c1-2-22(24(30)27-17-9-6-7-10-17)28(15-19-20(25)13-8-14-21(19)26)23(29)16-31-18-11-4-3-5-12-18/h3-5,8,11-14,17,22H,2,6-7,9-10,15-16H2,1H3,(H,27,30)/t22-/m1/s1. The second-order valence-electron chi connectivity index (χ2n) is 7.74. The molecule has 1 aliphatic carbocycles. The van der Waals surface area contributed by atoms with Crippen molar-refractivity contribution in [2.75, 3.05) is 5.75 Å². The van der Waals surface area contributed by atoms with Gasteiger partial charge in [-0.2, -0.15) is 0 Å². The Balaban J connectivity index is 1.80. The van der Waals surface area contributed by atoms with Gasteiger partial charge in [-0.15, -0.1) is 11.8 Å². The lowest BCUT2D eigenvalue weighted by Gasteiger charge is -2.32. The SMILES string of the molecule is CC[C@H](C(=O)NC1CCCC1)N(Cc1c(Cl)cccc1Cl)C(=O)CSc1ccccc1. The molecule has 0 spiro atoms. The van der Waals surface area contributed by atoms with E-state index in [0.717, 1.165) is 30.6 Å². The Kier molecular flexibility index (Phi) is 9.12. The van der Waals surface area contributed by atoms with Crippen molar-refractivity contribution in [1.29, 1.82) is 0 Å². The minimum atomic E-state index is -0.572. The maximum atomic E-state index is 13.3. The first-order chi connectivity index (χ1) is 15.0. The zero-order valence-corrected chi connectivity index (χ0v) is 20.0. The van der Waals surface area contributed by atoms with E-state index in [1.165, 1.54) is 11.8 Å². The molecule has 31 heavy (non-hydrogen) atoms. The van der Waals surface area contributed by atoms with E-state index in [1.54, 1.807) is 23.1 Å². The summed E-state index contributed by atoms with van der Waals surface area (Å²) < 4.78 is 0. The third kappa shape index (κ3) is 6.64. The van der Waals surface area contributed by atoms with Crippen molar-refractivity contribution in [1.82, 2.24) is 10.2 Å². The number of carbonyl (C=O) groups is 2. The van der Waals surface area contributed by atoms with Crippen LogP contribution in [0.5, 0.6) is 0 Å². The fourth-order valence-corrected chi connectivity index (χ4v) is 5.21. The minimum Gasteiger partial charge on any atom is -0.352 e. The number of nitrogens with one attached hydrogen (secondary N) is 1. The molecule has 0 bridgehead atoms. The van der Waals surface area contributed by atoms with Crippen molar-refractivity contribution < 1.29 is 9.59 Å². The monoisotopic (exact) mass is 478 g/mol. The summed E-state index contributed by atoms with van der Waals surface area (Å²) in [7, 11) is 0. The summed E-state index contributed by atoms with van der Waals surface area (Å²) in [6.07, 6.45) is 4.77. The summed E-state index contributed by atoms with van der Waals surface area (Å²) in [6, 6.07) is 14.7. The predicted molar refractivity (Wildman–Crippen MR) is 129 cm³/mol. The zero-order valence-electron chi connectivity index (χ0n) is 17.7. The van der Waals surface area contributed by atoms with Gasteiger partial charge in [0.1, 0.15) is 6.04 Å². The van der Waals surface area contributed by atoms with E-state index in [0.29, 0.717) is 22.0 Å². The van der Waals surface area contributed by atoms with E-state index >= 15 is 0 Å². The van der Waals surface area contributed by atoms with Crippen LogP contribution in [0.15, 0.2) is 53.4 Å². The third-order valence-corrected chi connectivity index (χ3v) is 7.29. The molecule has 1 saturated carbocycles. The van der Waals surface area contributed by atoms with Crippen molar-refractivity contribution in [2.45, 2.75) is 62.6 Å². The topological polar surface area (TPSA) is 49.4 Å². The first-order valence-corrected chi connectivity index (χ1v) is 12.4. The lowest BCUT2D eigenvalue weighted by atomic mass is 10.1. The van der Waals surface area contributed by atoms with Crippen molar-refractivity contribution in [3.8, 4) is 0 Å². The van der Waals surface area contributed by atoms with Crippen LogP contribution in [0.1, 0.15) is 44.6 Å². The highest BCUT2D eigenvalue weighted by Crippen LogP contribution is 2.28. The lowest BCUT2D eigenvalue weighted by molar-refractivity contribution is -0.139. The molecule has 1 N–H and O–H groups in total. The lowest BCUT2D eigenvalue weighted by Crippen LogP contribution is -2.51. The van der Waals surface area contributed by atoms with Crippen LogP contribution < -0.4 is 5.32 Å². The van der Waals surface area contributed by atoms with E-state index in [2.05, 4.69) is 5.32 Å². The van der Waals surface area contributed by atoms with Gasteiger partial charge in [-0.3, -0.25) is 9.59 Å². The Hall–Kier alpha value is -1.69. The van der Waals surface area contributed by atoms with Crippen LogP contribution in [0.2, 0.25) is 10.0 Å². The summed E-state index contributed by atoms with van der Waals surface area (Å²) in [4.78, 5) is 29.1. The van der Waals surface area contributed by atoms with E-state index in [-0.39, 0.29) is 30.2 Å². The summed E-state index contributed by atoms with van der Waals surface area (Å²) >= 11 is 14.2. The summed E-state index contributed by atoms with van der Waals surface area (Å²) in [5, 5.41) is 4.13. The Morgan fingerprint density at radius 3 is 2.32 bits per heavy atom. The van der Waals surface area contributed by atoms with Gasteiger partial charge >= 0.3 is 0 Å². The van der Waals surface area contributed by atoms with Crippen LogP contribution in [0.25, 0.3) is 0 Å². The van der Waals surface area contributed by atoms with Crippen LogP contribution in [0.3, 0.4) is 0 Å². The van der Waals surface area contributed by atoms with E-state index in [4.69, 9.17) is 23.2 Å². The average molecular weight is 479 g/mol. The normalized spacial score (nSPS) is 14.9. The molecule has 2 aromatic rings. The first kappa shape index (κ1) is 24.0. The summed E-state index contributed by atoms with van der Waals surface area (Å²) in [5.41, 5.74) is 0.663. The minimum absolute atomic E-state index is 0.101. The second kappa shape index (κ2) is 11.8. The molecular formula is C24H28Cl2N2O2S.